The fourth-order valence-electron chi connectivity index (χ4n) is 3.98. The van der Waals surface area contributed by atoms with E-state index in [9.17, 15) is 13.2 Å². The molecule has 1 aromatic carbocycles. The number of ether oxygens (including phenoxy) is 1. The van der Waals surface area contributed by atoms with Gasteiger partial charge < -0.3 is 10.1 Å². The molecule has 1 atom stereocenters. The number of methoxy groups -OCH3 is 1. The topological polar surface area (TPSA) is 103 Å². The number of hydrogen-bond acceptors (Lipinski definition) is 6. The van der Waals surface area contributed by atoms with Crippen LogP contribution in [0.2, 0.25) is 0 Å². The summed E-state index contributed by atoms with van der Waals surface area (Å²) < 4.78 is 31.2. The molecule has 1 saturated heterocycles. The summed E-state index contributed by atoms with van der Waals surface area (Å²) in [6.45, 7) is 4.38. The van der Waals surface area contributed by atoms with E-state index in [1.54, 1.807) is 17.9 Å². The average molecular weight is 443 g/mol. The van der Waals surface area contributed by atoms with Crippen LogP contribution < -0.4 is 10.1 Å². The molecule has 0 saturated carbocycles. The second-order valence-corrected chi connectivity index (χ2v) is 10.1. The van der Waals surface area contributed by atoms with Crippen LogP contribution in [0.3, 0.4) is 0 Å². The second kappa shape index (κ2) is 8.30. The quantitative estimate of drug-likeness (QED) is 0.630. The first-order valence-corrected chi connectivity index (χ1v) is 12.2. The lowest BCUT2D eigenvalue weighted by Crippen LogP contribution is -2.24. The van der Waals surface area contributed by atoms with Crippen LogP contribution >= 0.6 is 0 Å². The Kier molecular flexibility index (Phi) is 5.70. The lowest BCUT2D eigenvalue weighted by molar-refractivity contribution is 0.0955. The highest BCUT2D eigenvalue weighted by Crippen LogP contribution is 2.32. The average Bonchev–Trinajstić information content (AvgIpc) is 3.30. The third-order valence-electron chi connectivity index (χ3n) is 5.54. The summed E-state index contributed by atoms with van der Waals surface area (Å²) in [5.74, 6) is 0.659. The Balaban J connectivity index is 1.92. The molecule has 2 aromatic heterocycles. The predicted molar refractivity (Wildman–Crippen MR) is 119 cm³/mol. The molecule has 1 N–H and O–H groups in total. The highest BCUT2D eigenvalue weighted by Gasteiger charge is 2.32. The van der Waals surface area contributed by atoms with Gasteiger partial charge in [-0.1, -0.05) is 19.1 Å². The van der Waals surface area contributed by atoms with Gasteiger partial charge in [-0.3, -0.25) is 4.79 Å². The van der Waals surface area contributed by atoms with Gasteiger partial charge in [-0.15, -0.1) is 0 Å². The first kappa shape index (κ1) is 21.3. The van der Waals surface area contributed by atoms with Gasteiger partial charge in [-0.25, -0.2) is 18.1 Å². The van der Waals surface area contributed by atoms with Crippen molar-refractivity contribution in [2.45, 2.75) is 32.7 Å². The third kappa shape index (κ3) is 4.14. The number of amides is 1. The molecule has 1 aliphatic heterocycles. The Morgan fingerprint density at radius 3 is 2.81 bits per heavy atom. The number of nitrogens with one attached hydrogen (secondary N) is 1. The minimum absolute atomic E-state index is 0.0334. The Morgan fingerprint density at radius 2 is 2.13 bits per heavy atom. The molecule has 1 unspecified atom stereocenters. The maximum atomic E-state index is 13.0. The minimum Gasteiger partial charge on any atom is -0.497 e. The lowest BCUT2D eigenvalue weighted by Gasteiger charge is -2.12. The number of benzene rings is 1. The zero-order valence-corrected chi connectivity index (χ0v) is 18.7. The van der Waals surface area contributed by atoms with E-state index in [2.05, 4.69) is 10.4 Å². The van der Waals surface area contributed by atoms with Gasteiger partial charge in [0, 0.05) is 12.1 Å². The van der Waals surface area contributed by atoms with Crippen molar-refractivity contribution in [3.8, 4) is 17.0 Å². The van der Waals surface area contributed by atoms with Gasteiger partial charge >= 0.3 is 0 Å². The van der Waals surface area contributed by atoms with Crippen LogP contribution in [-0.4, -0.2) is 54.2 Å². The van der Waals surface area contributed by atoms with Crippen molar-refractivity contribution in [2.75, 3.05) is 25.2 Å². The number of carbonyl (C=O) groups excluding carboxylic acids is 1. The van der Waals surface area contributed by atoms with Crippen LogP contribution in [0.15, 0.2) is 30.3 Å². The van der Waals surface area contributed by atoms with Crippen LogP contribution in [0.25, 0.3) is 22.3 Å². The summed E-state index contributed by atoms with van der Waals surface area (Å²) in [5.41, 5.74) is 3.08. The molecule has 3 aromatic rings. The molecule has 8 nitrogen and oxygen atoms in total. The Bertz CT molecular complexity index is 1250. The van der Waals surface area contributed by atoms with E-state index in [0.29, 0.717) is 46.7 Å². The van der Waals surface area contributed by atoms with Gasteiger partial charge in [0.1, 0.15) is 5.75 Å². The molecule has 0 bridgehead atoms. The van der Waals surface area contributed by atoms with Gasteiger partial charge in [0.05, 0.1) is 47.0 Å². The SMILES string of the molecule is CCCNC(=O)c1cc(-c2cccc(OC)c2)nc2c1c(C)nn2C1CCS(=O)(=O)C1. The van der Waals surface area contributed by atoms with Crippen molar-refractivity contribution in [2.24, 2.45) is 0 Å². The standard InChI is InChI=1S/C22H26N4O4S/c1-4-9-23-22(27)18-12-19(15-6-5-7-17(11-15)30-3)24-21-20(18)14(2)25-26(21)16-8-10-31(28,29)13-16/h5-7,11-12,16H,4,8-10,13H2,1-3H3,(H,23,27). The van der Waals surface area contributed by atoms with Crippen molar-refractivity contribution in [3.05, 3.63) is 41.6 Å². The zero-order chi connectivity index (χ0) is 22.2. The molecule has 0 spiro atoms. The third-order valence-corrected chi connectivity index (χ3v) is 7.29. The molecule has 1 amide bonds. The summed E-state index contributed by atoms with van der Waals surface area (Å²) in [6, 6.07) is 8.94. The monoisotopic (exact) mass is 442 g/mol. The molecule has 0 radical (unpaired) electrons. The molecular weight excluding hydrogens is 416 g/mol. The van der Waals surface area contributed by atoms with Gasteiger partial charge in [0.2, 0.25) is 0 Å². The maximum absolute atomic E-state index is 13.0. The number of carbonyl (C=O) groups is 1. The fourth-order valence-corrected chi connectivity index (χ4v) is 5.67. The number of fused-ring (bicyclic) bond motifs is 1. The summed E-state index contributed by atoms with van der Waals surface area (Å²) >= 11 is 0. The van der Waals surface area contributed by atoms with Gasteiger partial charge in [-0.05, 0) is 38.0 Å². The number of aromatic nitrogens is 3. The first-order valence-electron chi connectivity index (χ1n) is 10.4. The number of hydrogen-bond donors (Lipinski definition) is 1. The lowest BCUT2D eigenvalue weighted by atomic mass is 10.0. The Morgan fingerprint density at radius 1 is 1.32 bits per heavy atom. The van der Waals surface area contributed by atoms with E-state index in [4.69, 9.17) is 9.72 Å². The van der Waals surface area contributed by atoms with Crippen LogP contribution in [0.4, 0.5) is 0 Å². The van der Waals surface area contributed by atoms with Gasteiger partial charge in [0.25, 0.3) is 5.91 Å². The normalized spacial score (nSPS) is 17.7. The predicted octanol–water partition coefficient (Wildman–Crippen LogP) is 2.91. The first-order chi connectivity index (χ1) is 14.8. The molecule has 3 heterocycles. The van der Waals surface area contributed by atoms with Gasteiger partial charge in [0.15, 0.2) is 15.5 Å². The fraction of sp³-hybridized carbons (Fsp3) is 0.409. The summed E-state index contributed by atoms with van der Waals surface area (Å²) in [5, 5.41) is 8.21. The molecule has 9 heteroatoms. The zero-order valence-electron chi connectivity index (χ0n) is 17.9. The smallest absolute Gasteiger partial charge is 0.252 e. The van der Waals surface area contributed by atoms with E-state index in [0.717, 1.165) is 12.0 Å². The summed E-state index contributed by atoms with van der Waals surface area (Å²) in [6.07, 6.45) is 1.31. The molecular formula is C22H26N4O4S. The highest BCUT2D eigenvalue weighted by molar-refractivity contribution is 7.91. The second-order valence-electron chi connectivity index (χ2n) is 7.83. The maximum Gasteiger partial charge on any atom is 0.252 e. The van der Waals surface area contributed by atoms with Crippen molar-refractivity contribution in [1.29, 1.82) is 0 Å². The van der Waals surface area contributed by atoms with Crippen LogP contribution in [0.1, 0.15) is 41.9 Å². The van der Waals surface area contributed by atoms with Gasteiger partial charge in [-0.2, -0.15) is 5.10 Å². The van der Waals surface area contributed by atoms with E-state index in [-0.39, 0.29) is 23.5 Å². The largest absolute Gasteiger partial charge is 0.497 e. The van der Waals surface area contributed by atoms with Crippen LogP contribution in [-0.2, 0) is 9.84 Å². The van der Waals surface area contributed by atoms with E-state index >= 15 is 0 Å². The van der Waals surface area contributed by atoms with E-state index < -0.39 is 9.84 Å². The number of pyridine rings is 1. The van der Waals surface area contributed by atoms with Crippen molar-refractivity contribution in [3.63, 3.8) is 0 Å². The molecule has 1 aliphatic rings. The number of rotatable bonds is 6. The molecule has 4 rings (SSSR count). The number of nitrogens with zero attached hydrogens (tertiary/aromatic N) is 3. The van der Waals surface area contributed by atoms with Crippen LogP contribution in [0, 0.1) is 6.92 Å². The summed E-state index contributed by atoms with van der Waals surface area (Å²) in [4.78, 5) is 17.8. The van der Waals surface area contributed by atoms with Crippen molar-refractivity contribution < 1.29 is 17.9 Å². The molecule has 1 fully saturated rings. The summed E-state index contributed by atoms with van der Waals surface area (Å²) in [7, 11) is -1.50. The minimum atomic E-state index is -3.10. The van der Waals surface area contributed by atoms with Crippen molar-refractivity contribution in [1.82, 2.24) is 20.1 Å². The Hall–Kier alpha value is -2.94. The number of aryl methyl sites for hydroxylation is 1. The van der Waals surface area contributed by atoms with E-state index in [1.807, 2.05) is 38.1 Å². The molecule has 164 valence electrons. The Labute approximate surface area is 181 Å². The molecule has 0 aliphatic carbocycles. The van der Waals surface area contributed by atoms with Crippen LogP contribution in [0.5, 0.6) is 5.75 Å². The molecule has 31 heavy (non-hydrogen) atoms. The van der Waals surface area contributed by atoms with E-state index in [1.165, 1.54) is 0 Å². The highest BCUT2D eigenvalue weighted by atomic mass is 32.2. The number of sulfone groups is 1. The van der Waals surface area contributed by atoms with Crippen molar-refractivity contribution >= 4 is 26.8 Å².